The van der Waals surface area contributed by atoms with Crippen molar-refractivity contribution >= 4 is 22.5 Å². The van der Waals surface area contributed by atoms with Crippen LogP contribution in [0.3, 0.4) is 0 Å². The summed E-state index contributed by atoms with van der Waals surface area (Å²) >= 11 is 0. The monoisotopic (exact) mass is 270 g/mol. The van der Waals surface area contributed by atoms with Crippen molar-refractivity contribution < 1.29 is 4.79 Å². The molecule has 5 nitrogen and oxygen atoms in total. The molecule has 0 aliphatic carbocycles. The molecular weight excluding hydrogens is 252 g/mol. The number of para-hydroxylation sites is 1. The summed E-state index contributed by atoms with van der Waals surface area (Å²) < 4.78 is 0. The summed E-state index contributed by atoms with van der Waals surface area (Å²) in [5.41, 5.74) is 7.57. The van der Waals surface area contributed by atoms with Crippen molar-refractivity contribution in [1.29, 1.82) is 0 Å². The molecule has 1 aliphatic rings. The topological polar surface area (TPSA) is 71.2 Å². The summed E-state index contributed by atoms with van der Waals surface area (Å²) in [5.74, 6) is -0.486. The van der Waals surface area contributed by atoms with Gasteiger partial charge in [0.1, 0.15) is 5.69 Å². The summed E-state index contributed by atoms with van der Waals surface area (Å²) in [4.78, 5) is 18.1. The lowest BCUT2D eigenvalue weighted by atomic mass is 10.1. The molecule has 1 atom stereocenters. The van der Waals surface area contributed by atoms with E-state index in [1.165, 1.54) is 0 Å². The first-order valence-corrected chi connectivity index (χ1v) is 6.83. The minimum Gasteiger partial charge on any atom is -0.368 e. The normalized spacial score (nSPS) is 19.2. The second kappa shape index (κ2) is 5.09. The molecule has 0 radical (unpaired) electrons. The van der Waals surface area contributed by atoms with Crippen LogP contribution in [0.5, 0.6) is 0 Å². The molecule has 1 aromatic heterocycles. The second-order valence-corrected chi connectivity index (χ2v) is 5.21. The highest BCUT2D eigenvalue weighted by molar-refractivity contribution is 5.99. The van der Waals surface area contributed by atoms with Gasteiger partial charge in [0.05, 0.1) is 5.52 Å². The number of nitrogens with one attached hydrogen (secondary N) is 1. The highest BCUT2D eigenvalue weighted by atomic mass is 16.1. The minimum atomic E-state index is -0.486. The number of anilines is 1. The fraction of sp³-hybridized carbons (Fsp3) is 0.333. The fourth-order valence-corrected chi connectivity index (χ4v) is 2.70. The summed E-state index contributed by atoms with van der Waals surface area (Å²) in [7, 11) is 0. The average Bonchev–Trinajstić information content (AvgIpc) is 2.46. The quantitative estimate of drug-likeness (QED) is 0.858. The third-order valence-electron chi connectivity index (χ3n) is 3.66. The standard InChI is InChI=1S/C15H18N4O/c1-10-9-19(7-6-17-10)14-8-13(15(16)20)18-12-5-3-2-4-11(12)14/h2-5,8,10,17H,6-7,9H2,1H3,(H2,16,20)/t10-/m1/s1. The maximum absolute atomic E-state index is 11.5. The number of primary amides is 1. The van der Waals surface area contributed by atoms with E-state index in [0.717, 1.165) is 36.2 Å². The minimum absolute atomic E-state index is 0.324. The van der Waals surface area contributed by atoms with Gasteiger partial charge in [-0.3, -0.25) is 4.79 Å². The predicted molar refractivity (Wildman–Crippen MR) is 79.9 cm³/mol. The lowest BCUT2D eigenvalue weighted by Gasteiger charge is -2.34. The number of aromatic nitrogens is 1. The number of carbonyl (C=O) groups is 1. The Kier molecular flexibility index (Phi) is 3.28. The van der Waals surface area contributed by atoms with Crippen LogP contribution in [-0.2, 0) is 0 Å². The number of benzene rings is 1. The van der Waals surface area contributed by atoms with Crippen LogP contribution in [0, 0.1) is 0 Å². The van der Waals surface area contributed by atoms with Crippen LogP contribution in [0.25, 0.3) is 10.9 Å². The van der Waals surface area contributed by atoms with Crippen LogP contribution in [-0.4, -0.2) is 36.6 Å². The van der Waals surface area contributed by atoms with Crippen LogP contribution >= 0.6 is 0 Å². The molecule has 1 aromatic carbocycles. The van der Waals surface area contributed by atoms with E-state index in [4.69, 9.17) is 5.73 Å². The molecule has 2 heterocycles. The molecule has 0 spiro atoms. The van der Waals surface area contributed by atoms with Gasteiger partial charge in [-0.25, -0.2) is 4.98 Å². The van der Waals surface area contributed by atoms with Crippen molar-refractivity contribution in [1.82, 2.24) is 10.3 Å². The smallest absolute Gasteiger partial charge is 0.267 e. The second-order valence-electron chi connectivity index (χ2n) is 5.21. The van der Waals surface area contributed by atoms with Crippen LogP contribution in [0.15, 0.2) is 30.3 Å². The van der Waals surface area contributed by atoms with E-state index < -0.39 is 5.91 Å². The van der Waals surface area contributed by atoms with E-state index in [2.05, 4.69) is 22.1 Å². The molecule has 1 saturated heterocycles. The first kappa shape index (κ1) is 12.9. The zero-order chi connectivity index (χ0) is 14.1. The zero-order valence-corrected chi connectivity index (χ0v) is 11.5. The van der Waals surface area contributed by atoms with Gasteiger partial charge in [-0.15, -0.1) is 0 Å². The number of carbonyl (C=O) groups excluding carboxylic acids is 1. The average molecular weight is 270 g/mol. The molecule has 1 fully saturated rings. The summed E-state index contributed by atoms with van der Waals surface area (Å²) in [6.07, 6.45) is 0. The third kappa shape index (κ3) is 2.32. The molecule has 20 heavy (non-hydrogen) atoms. The number of piperazine rings is 1. The van der Waals surface area contributed by atoms with Gasteiger partial charge in [0.2, 0.25) is 0 Å². The maximum Gasteiger partial charge on any atom is 0.267 e. The molecule has 1 amide bonds. The van der Waals surface area contributed by atoms with Crippen molar-refractivity contribution in [3.63, 3.8) is 0 Å². The molecular formula is C15H18N4O. The molecule has 0 saturated carbocycles. The van der Waals surface area contributed by atoms with Crippen LogP contribution in [0.2, 0.25) is 0 Å². The Balaban J connectivity index is 2.14. The number of nitrogens with two attached hydrogens (primary N) is 1. The number of hydrogen-bond donors (Lipinski definition) is 2. The molecule has 0 bridgehead atoms. The SMILES string of the molecule is C[C@@H]1CN(c2cc(C(N)=O)nc3ccccc23)CCN1. The molecule has 0 unspecified atom stereocenters. The van der Waals surface area contributed by atoms with E-state index >= 15 is 0 Å². The van der Waals surface area contributed by atoms with E-state index in [1.807, 2.05) is 30.3 Å². The van der Waals surface area contributed by atoms with Gasteiger partial charge in [-0.1, -0.05) is 18.2 Å². The number of fused-ring (bicyclic) bond motifs is 1. The van der Waals surface area contributed by atoms with Gasteiger partial charge in [-0.05, 0) is 19.1 Å². The maximum atomic E-state index is 11.5. The van der Waals surface area contributed by atoms with E-state index in [-0.39, 0.29) is 0 Å². The van der Waals surface area contributed by atoms with E-state index in [1.54, 1.807) is 0 Å². The van der Waals surface area contributed by atoms with Gasteiger partial charge in [0.15, 0.2) is 0 Å². The number of pyridine rings is 1. The van der Waals surface area contributed by atoms with Crippen LogP contribution in [0.1, 0.15) is 17.4 Å². The summed E-state index contributed by atoms with van der Waals surface area (Å²) in [6, 6.07) is 10.1. The van der Waals surface area contributed by atoms with Crippen molar-refractivity contribution in [3.05, 3.63) is 36.0 Å². The van der Waals surface area contributed by atoms with Crippen LogP contribution in [0.4, 0.5) is 5.69 Å². The number of nitrogens with zero attached hydrogens (tertiary/aromatic N) is 2. The lowest BCUT2D eigenvalue weighted by molar-refractivity contribution is 0.0996. The first-order valence-electron chi connectivity index (χ1n) is 6.83. The Morgan fingerprint density at radius 1 is 1.45 bits per heavy atom. The van der Waals surface area contributed by atoms with E-state index in [0.29, 0.717) is 11.7 Å². The molecule has 104 valence electrons. The summed E-state index contributed by atoms with van der Waals surface area (Å²) in [6.45, 7) is 4.91. The number of hydrogen-bond acceptors (Lipinski definition) is 4. The first-order chi connectivity index (χ1) is 9.65. The Hall–Kier alpha value is -2.14. The Morgan fingerprint density at radius 3 is 3.00 bits per heavy atom. The molecule has 2 aromatic rings. The van der Waals surface area contributed by atoms with Gasteiger partial charge in [0.25, 0.3) is 5.91 Å². The van der Waals surface area contributed by atoms with Gasteiger partial charge in [0, 0.05) is 36.7 Å². The van der Waals surface area contributed by atoms with Gasteiger partial charge >= 0.3 is 0 Å². The van der Waals surface area contributed by atoms with E-state index in [9.17, 15) is 4.79 Å². The molecule has 3 N–H and O–H groups in total. The third-order valence-corrected chi connectivity index (χ3v) is 3.66. The van der Waals surface area contributed by atoms with Crippen molar-refractivity contribution in [2.45, 2.75) is 13.0 Å². The highest BCUT2D eigenvalue weighted by Crippen LogP contribution is 2.27. The number of amides is 1. The summed E-state index contributed by atoms with van der Waals surface area (Å²) in [5, 5.41) is 4.48. The Morgan fingerprint density at radius 2 is 2.25 bits per heavy atom. The lowest BCUT2D eigenvalue weighted by Crippen LogP contribution is -2.49. The van der Waals surface area contributed by atoms with Crippen molar-refractivity contribution in [2.75, 3.05) is 24.5 Å². The van der Waals surface area contributed by atoms with Gasteiger partial charge < -0.3 is 16.0 Å². The number of rotatable bonds is 2. The fourth-order valence-electron chi connectivity index (χ4n) is 2.70. The Labute approximate surface area is 117 Å². The molecule has 5 heteroatoms. The molecule has 3 rings (SSSR count). The Bertz CT molecular complexity index is 655. The van der Waals surface area contributed by atoms with Crippen LogP contribution < -0.4 is 16.0 Å². The molecule has 1 aliphatic heterocycles. The van der Waals surface area contributed by atoms with Crippen molar-refractivity contribution in [3.8, 4) is 0 Å². The zero-order valence-electron chi connectivity index (χ0n) is 11.5. The van der Waals surface area contributed by atoms with Crippen molar-refractivity contribution in [2.24, 2.45) is 5.73 Å². The largest absolute Gasteiger partial charge is 0.368 e. The highest BCUT2D eigenvalue weighted by Gasteiger charge is 2.19. The van der Waals surface area contributed by atoms with Gasteiger partial charge in [-0.2, -0.15) is 0 Å². The predicted octanol–water partition coefficient (Wildman–Crippen LogP) is 1.13.